The molecule has 19 heavy (non-hydrogen) atoms. The van der Waals surface area contributed by atoms with Crippen LogP contribution in [0.15, 0.2) is 46.0 Å². The lowest BCUT2D eigenvalue weighted by Gasteiger charge is -2.03. The molecule has 1 amide bonds. The van der Waals surface area contributed by atoms with Crippen LogP contribution >= 0.6 is 0 Å². The van der Waals surface area contributed by atoms with E-state index in [2.05, 4.69) is 20.3 Å². The number of nitrogens with zero attached hydrogens (tertiary/aromatic N) is 2. The topological polar surface area (TPSA) is 101 Å². The average molecular weight is 256 g/mol. The molecule has 7 nitrogen and oxygen atoms in total. The number of hydrogen-bond acceptors (Lipinski definition) is 5. The van der Waals surface area contributed by atoms with Gasteiger partial charge in [-0.3, -0.25) is 14.8 Å². The number of amides is 1. The number of anilines is 1. The summed E-state index contributed by atoms with van der Waals surface area (Å²) in [4.78, 5) is 33.1. The van der Waals surface area contributed by atoms with Crippen molar-refractivity contribution in [3.8, 4) is 0 Å². The van der Waals surface area contributed by atoms with Gasteiger partial charge in [-0.1, -0.05) is 0 Å². The fourth-order valence-electron chi connectivity index (χ4n) is 1.64. The summed E-state index contributed by atoms with van der Waals surface area (Å²) < 4.78 is 4.87. The third kappa shape index (κ3) is 2.21. The fraction of sp³-hybridized carbons (Fsp3) is 0. The molecule has 0 saturated carbocycles. The van der Waals surface area contributed by atoms with E-state index in [1.165, 1.54) is 18.6 Å². The molecule has 0 radical (unpaired) electrons. The number of aromatic nitrogens is 3. The van der Waals surface area contributed by atoms with Gasteiger partial charge in [0.05, 0.1) is 11.7 Å². The van der Waals surface area contributed by atoms with E-state index in [9.17, 15) is 9.59 Å². The maximum Gasteiger partial charge on any atom is 0.417 e. The van der Waals surface area contributed by atoms with E-state index in [0.717, 1.165) is 0 Å². The Kier molecular flexibility index (Phi) is 2.57. The third-order valence-electron chi connectivity index (χ3n) is 2.47. The Hall–Kier alpha value is -2.96. The first kappa shape index (κ1) is 11.1. The van der Waals surface area contributed by atoms with Gasteiger partial charge >= 0.3 is 5.76 Å². The molecule has 3 aromatic rings. The second-order valence-electron chi connectivity index (χ2n) is 3.77. The molecule has 0 bridgehead atoms. The summed E-state index contributed by atoms with van der Waals surface area (Å²) in [6.07, 6.45) is 4.29. The fourth-order valence-corrected chi connectivity index (χ4v) is 1.64. The van der Waals surface area contributed by atoms with Gasteiger partial charge in [0.25, 0.3) is 5.91 Å². The molecule has 0 aliphatic heterocycles. The van der Waals surface area contributed by atoms with Gasteiger partial charge in [-0.2, -0.15) is 0 Å². The summed E-state index contributed by atoms with van der Waals surface area (Å²) in [6.45, 7) is 0. The summed E-state index contributed by atoms with van der Waals surface area (Å²) in [6, 6.07) is 4.83. The maximum absolute atomic E-state index is 11.8. The molecule has 0 aliphatic carbocycles. The van der Waals surface area contributed by atoms with Crippen molar-refractivity contribution in [2.75, 3.05) is 5.32 Å². The third-order valence-corrected chi connectivity index (χ3v) is 2.47. The first-order valence-corrected chi connectivity index (χ1v) is 5.42. The lowest BCUT2D eigenvalue weighted by atomic mass is 10.3. The quantitative estimate of drug-likeness (QED) is 0.716. The van der Waals surface area contributed by atoms with Crippen molar-refractivity contribution in [2.45, 2.75) is 0 Å². The SMILES string of the molecule is O=C(Nc1ccc2oc(=O)[nH]c2c1)c1cnccn1. The van der Waals surface area contributed by atoms with Crippen LogP contribution in [0.25, 0.3) is 11.1 Å². The van der Waals surface area contributed by atoms with E-state index >= 15 is 0 Å². The van der Waals surface area contributed by atoms with Crippen LogP contribution in [0.2, 0.25) is 0 Å². The minimum atomic E-state index is -0.535. The smallest absolute Gasteiger partial charge is 0.408 e. The molecule has 0 fully saturated rings. The molecule has 0 unspecified atom stereocenters. The molecule has 3 rings (SSSR count). The standard InChI is InChI=1S/C12H8N4O3/c17-11(9-6-13-3-4-14-9)15-7-1-2-10-8(5-7)16-12(18)19-10/h1-6H,(H,15,17)(H,16,18). The van der Waals surface area contributed by atoms with Gasteiger partial charge < -0.3 is 9.73 Å². The summed E-state index contributed by atoms with van der Waals surface area (Å²) in [5.74, 6) is -0.911. The Bertz CT molecular complexity index is 791. The minimum absolute atomic E-state index is 0.211. The molecule has 94 valence electrons. The minimum Gasteiger partial charge on any atom is -0.408 e. The van der Waals surface area contributed by atoms with E-state index in [-0.39, 0.29) is 11.6 Å². The number of rotatable bonds is 2. The first-order chi connectivity index (χ1) is 9.22. The van der Waals surface area contributed by atoms with E-state index in [1.807, 2.05) is 0 Å². The number of carbonyl (C=O) groups excluding carboxylic acids is 1. The Morgan fingerprint density at radius 2 is 2.21 bits per heavy atom. The van der Waals surface area contributed by atoms with Crippen LogP contribution in [-0.2, 0) is 0 Å². The van der Waals surface area contributed by atoms with Crippen LogP contribution in [0.5, 0.6) is 0 Å². The Morgan fingerprint density at radius 1 is 1.32 bits per heavy atom. The summed E-state index contributed by atoms with van der Waals surface area (Å²) in [7, 11) is 0. The summed E-state index contributed by atoms with van der Waals surface area (Å²) >= 11 is 0. The maximum atomic E-state index is 11.8. The van der Waals surface area contributed by atoms with Crippen LogP contribution in [0, 0.1) is 0 Å². The van der Waals surface area contributed by atoms with Gasteiger partial charge in [-0.15, -0.1) is 0 Å². The molecule has 0 aliphatic rings. The predicted octanol–water partition coefficient (Wildman–Crippen LogP) is 1.16. The van der Waals surface area contributed by atoms with Crippen molar-refractivity contribution in [3.05, 3.63) is 53.0 Å². The Labute approximate surface area is 106 Å². The molecule has 0 spiro atoms. The van der Waals surface area contributed by atoms with Gasteiger partial charge in [0.1, 0.15) is 5.69 Å². The van der Waals surface area contributed by atoms with Crippen molar-refractivity contribution in [1.82, 2.24) is 15.0 Å². The van der Waals surface area contributed by atoms with Crippen molar-refractivity contribution in [1.29, 1.82) is 0 Å². The Balaban J connectivity index is 1.89. The number of hydrogen-bond donors (Lipinski definition) is 2. The lowest BCUT2D eigenvalue weighted by Crippen LogP contribution is -2.13. The number of H-pyrrole nitrogens is 1. The average Bonchev–Trinajstić information content (AvgIpc) is 2.79. The van der Waals surface area contributed by atoms with Crippen LogP contribution in [-0.4, -0.2) is 20.9 Å². The second-order valence-corrected chi connectivity index (χ2v) is 3.77. The first-order valence-electron chi connectivity index (χ1n) is 5.42. The van der Waals surface area contributed by atoms with Crippen LogP contribution < -0.4 is 11.1 Å². The van der Waals surface area contributed by atoms with E-state index in [4.69, 9.17) is 4.42 Å². The molecule has 1 aromatic carbocycles. The zero-order valence-corrected chi connectivity index (χ0v) is 9.58. The highest BCUT2D eigenvalue weighted by Gasteiger charge is 2.08. The molecule has 2 N–H and O–H groups in total. The number of aromatic amines is 1. The van der Waals surface area contributed by atoms with Crippen LogP contribution in [0.4, 0.5) is 5.69 Å². The highest BCUT2D eigenvalue weighted by atomic mass is 16.4. The molecule has 2 heterocycles. The number of carbonyl (C=O) groups is 1. The number of benzene rings is 1. The number of nitrogens with one attached hydrogen (secondary N) is 2. The molecular weight excluding hydrogens is 248 g/mol. The second kappa shape index (κ2) is 4.37. The molecule has 0 saturated heterocycles. The van der Waals surface area contributed by atoms with Gasteiger partial charge in [-0.05, 0) is 18.2 Å². The summed E-state index contributed by atoms with van der Waals surface area (Å²) in [5.41, 5.74) is 1.69. The summed E-state index contributed by atoms with van der Waals surface area (Å²) in [5, 5.41) is 2.65. The van der Waals surface area contributed by atoms with E-state index in [1.54, 1.807) is 18.2 Å². The molecule has 2 aromatic heterocycles. The van der Waals surface area contributed by atoms with Crippen molar-refractivity contribution < 1.29 is 9.21 Å². The van der Waals surface area contributed by atoms with E-state index < -0.39 is 5.76 Å². The zero-order chi connectivity index (χ0) is 13.2. The highest BCUT2D eigenvalue weighted by Crippen LogP contribution is 2.16. The van der Waals surface area contributed by atoms with Gasteiger partial charge in [0, 0.05) is 18.1 Å². The van der Waals surface area contributed by atoms with Crippen molar-refractivity contribution >= 4 is 22.7 Å². The molecular formula is C12H8N4O3. The lowest BCUT2D eigenvalue weighted by molar-refractivity contribution is 0.102. The van der Waals surface area contributed by atoms with Crippen molar-refractivity contribution in [2.24, 2.45) is 0 Å². The predicted molar refractivity (Wildman–Crippen MR) is 66.8 cm³/mol. The van der Waals surface area contributed by atoms with Crippen LogP contribution in [0.1, 0.15) is 10.5 Å². The largest absolute Gasteiger partial charge is 0.417 e. The van der Waals surface area contributed by atoms with Crippen molar-refractivity contribution in [3.63, 3.8) is 0 Å². The highest BCUT2D eigenvalue weighted by molar-refractivity contribution is 6.03. The van der Waals surface area contributed by atoms with Gasteiger partial charge in [0.15, 0.2) is 5.58 Å². The van der Waals surface area contributed by atoms with Gasteiger partial charge in [0.2, 0.25) is 0 Å². The van der Waals surface area contributed by atoms with E-state index in [0.29, 0.717) is 16.8 Å². The monoisotopic (exact) mass is 256 g/mol. The molecule has 7 heteroatoms. The Morgan fingerprint density at radius 3 is 3.00 bits per heavy atom. The molecule has 0 atom stereocenters. The number of oxazole rings is 1. The normalized spacial score (nSPS) is 10.5. The zero-order valence-electron chi connectivity index (χ0n) is 9.58. The number of fused-ring (bicyclic) bond motifs is 1. The van der Waals surface area contributed by atoms with Crippen LogP contribution in [0.3, 0.4) is 0 Å². The van der Waals surface area contributed by atoms with Gasteiger partial charge in [-0.25, -0.2) is 9.78 Å².